The van der Waals surface area contributed by atoms with Crippen molar-refractivity contribution in [3.8, 4) is 23.0 Å². The van der Waals surface area contributed by atoms with Gasteiger partial charge >= 0.3 is 0 Å². The van der Waals surface area contributed by atoms with Crippen molar-refractivity contribution in [2.75, 3.05) is 25.0 Å². The Hall–Kier alpha value is -4.24. The molecule has 0 aliphatic carbocycles. The van der Waals surface area contributed by atoms with Gasteiger partial charge in [-0.15, -0.1) is 47.0 Å². The quantitative estimate of drug-likeness (QED) is 0.0865. The van der Waals surface area contributed by atoms with Crippen molar-refractivity contribution in [2.45, 2.75) is 190 Å². The van der Waals surface area contributed by atoms with Gasteiger partial charge in [-0.1, -0.05) is 179 Å². The van der Waals surface area contributed by atoms with Crippen LogP contribution in [0.15, 0.2) is 204 Å². The summed E-state index contributed by atoms with van der Waals surface area (Å²) in [5.41, 5.74) is 8.35. The van der Waals surface area contributed by atoms with Gasteiger partial charge in [-0.3, -0.25) is 0 Å². The minimum Gasteiger partial charge on any atom is -0.487 e. The number of ether oxygens (including phenoxy) is 4. The van der Waals surface area contributed by atoms with E-state index in [-0.39, 0.29) is 21.7 Å². The van der Waals surface area contributed by atoms with E-state index in [9.17, 15) is 0 Å². The predicted molar refractivity (Wildman–Crippen MR) is 367 cm³/mol. The number of rotatable bonds is 16. The van der Waals surface area contributed by atoms with Crippen molar-refractivity contribution >= 4 is 94.1 Å². The Labute approximate surface area is 536 Å². The van der Waals surface area contributed by atoms with Crippen LogP contribution in [0.3, 0.4) is 0 Å². The van der Waals surface area contributed by atoms with Crippen molar-refractivity contribution in [1.82, 2.24) is 0 Å². The maximum absolute atomic E-state index is 7.37. The molecule has 84 heavy (non-hydrogen) atoms. The highest BCUT2D eigenvalue weighted by atomic mass is 32.2. The molecule has 8 aromatic carbocycles. The highest BCUT2D eigenvalue weighted by Crippen LogP contribution is 2.57. The van der Waals surface area contributed by atoms with Crippen molar-refractivity contribution in [3.63, 3.8) is 0 Å². The van der Waals surface area contributed by atoms with Crippen molar-refractivity contribution in [2.24, 2.45) is 0 Å². The zero-order valence-corrected chi connectivity index (χ0v) is 58.1. The molecular weight excluding hydrogens is 1190 g/mol. The molecule has 0 amide bonds. The summed E-state index contributed by atoms with van der Waals surface area (Å²) in [4.78, 5) is 13.0. The molecule has 12 heteroatoms. The van der Waals surface area contributed by atoms with E-state index in [1.165, 1.54) is 41.8 Å². The SMILES string of the molecule is CSc1ccc(COc2c3cc(C(C)(C)C)cc2Sc2cc(C(C)(C)C)cc(c2OCc2ccc(SC)cc2)Sc2cc(C(C)(C)C)cc(c2OCc2ccc(SC)cc2)Sc2cc(C(C)(C)C)cc(c2OCc2ccc(SC)cc2)S3)cc1. The van der Waals surface area contributed by atoms with Crippen molar-refractivity contribution < 1.29 is 18.9 Å². The Kier molecular flexibility index (Phi) is 21.0. The lowest BCUT2D eigenvalue weighted by atomic mass is 9.87. The van der Waals surface area contributed by atoms with E-state index in [0.29, 0.717) is 26.4 Å². The first-order valence-electron chi connectivity index (χ1n) is 28.4. The largest absolute Gasteiger partial charge is 0.487 e. The van der Waals surface area contributed by atoms with E-state index in [0.717, 1.165) is 84.4 Å². The molecule has 0 saturated carbocycles. The molecule has 8 bridgehead atoms. The molecule has 0 spiro atoms. The summed E-state index contributed by atoms with van der Waals surface area (Å²) < 4.78 is 29.5. The lowest BCUT2D eigenvalue weighted by molar-refractivity contribution is 0.287. The molecule has 4 nitrogen and oxygen atoms in total. The molecule has 1 aliphatic heterocycles. The molecule has 0 radical (unpaired) electrons. The predicted octanol–water partition coefficient (Wildman–Crippen LogP) is 23.0. The van der Waals surface area contributed by atoms with Crippen LogP contribution in [0.4, 0.5) is 0 Å². The topological polar surface area (TPSA) is 36.9 Å². The summed E-state index contributed by atoms with van der Waals surface area (Å²) in [6.45, 7) is 29.2. The Morgan fingerprint density at radius 2 is 0.417 bits per heavy atom. The zero-order valence-electron chi connectivity index (χ0n) is 51.6. The van der Waals surface area contributed by atoms with Crippen LogP contribution in [0, 0.1) is 0 Å². The Bertz CT molecular complexity index is 3000. The maximum Gasteiger partial charge on any atom is 0.147 e. The molecule has 0 N–H and O–H groups in total. The Morgan fingerprint density at radius 3 is 0.548 bits per heavy atom. The van der Waals surface area contributed by atoms with E-state index < -0.39 is 0 Å². The van der Waals surface area contributed by atoms with Gasteiger partial charge < -0.3 is 18.9 Å². The van der Waals surface area contributed by atoms with Gasteiger partial charge in [0.1, 0.15) is 49.4 Å². The lowest BCUT2D eigenvalue weighted by Gasteiger charge is -2.28. The second kappa shape index (κ2) is 27.4. The van der Waals surface area contributed by atoms with Crippen LogP contribution in [-0.4, -0.2) is 25.0 Å². The van der Waals surface area contributed by atoms with Gasteiger partial charge in [-0.25, -0.2) is 0 Å². The van der Waals surface area contributed by atoms with E-state index in [4.69, 9.17) is 18.9 Å². The van der Waals surface area contributed by atoms with E-state index in [2.05, 4.69) is 254 Å². The third-order valence-corrected chi connectivity index (χ3v) is 21.8. The second-order valence-electron chi connectivity index (χ2n) is 25.2. The molecule has 8 aromatic rings. The minimum absolute atomic E-state index is 0.217. The number of hydrogen-bond acceptors (Lipinski definition) is 12. The van der Waals surface area contributed by atoms with Crippen LogP contribution in [0.2, 0.25) is 0 Å². The fraction of sp³-hybridized carbons (Fsp3) is 0.333. The number of fused-ring (bicyclic) bond motifs is 8. The summed E-state index contributed by atoms with van der Waals surface area (Å²) in [6, 6.07) is 53.9. The summed E-state index contributed by atoms with van der Waals surface area (Å²) in [7, 11) is 0. The molecule has 0 aromatic heterocycles. The van der Waals surface area contributed by atoms with Gasteiger partial charge in [0.15, 0.2) is 0 Å². The molecule has 1 aliphatic rings. The van der Waals surface area contributed by atoms with Gasteiger partial charge in [0, 0.05) is 19.6 Å². The molecule has 9 rings (SSSR count). The van der Waals surface area contributed by atoms with Gasteiger partial charge in [-0.05, 0) is 188 Å². The number of benzene rings is 8. The van der Waals surface area contributed by atoms with Crippen LogP contribution in [0.25, 0.3) is 0 Å². The highest BCUT2D eigenvalue weighted by Gasteiger charge is 2.31. The standard InChI is InChI=1S/C72H80O4S8/c1-69(2,3)49-33-57-65(73-41-45-17-25-53(77-13)26-18-45)58(34-49)82-60-36-51(71(7,8)9)38-62(67(60)75-43-47-21-29-55(79-15)30-22-47)84-64-40-52(72(10,11)12)39-63(68(64)76-44-48-23-31-56(80-16)32-24-48)83-61-37-50(70(4,5)6)35-59(81-57)66(61)74-42-46-19-27-54(78-14)28-20-46/h17-40H,41-44H2,1-16H3. The monoisotopic (exact) mass is 1260 g/mol. The lowest BCUT2D eigenvalue weighted by Crippen LogP contribution is -2.14. The zero-order chi connectivity index (χ0) is 60.1. The summed E-state index contributed by atoms with van der Waals surface area (Å²) in [6.07, 6.45) is 8.47. The third kappa shape index (κ3) is 16.3. The van der Waals surface area contributed by atoms with Crippen LogP contribution in [0.5, 0.6) is 23.0 Å². The van der Waals surface area contributed by atoms with Crippen molar-refractivity contribution in [1.29, 1.82) is 0 Å². The van der Waals surface area contributed by atoms with E-state index in [1.54, 1.807) is 94.1 Å². The number of hydrogen-bond donors (Lipinski definition) is 0. The molecule has 0 fully saturated rings. The van der Waals surface area contributed by atoms with Crippen LogP contribution in [-0.2, 0) is 48.1 Å². The average molecular weight is 1270 g/mol. The minimum atomic E-state index is -0.217. The molecular formula is C72H80O4S8. The second-order valence-corrected chi connectivity index (χ2v) is 33.0. The van der Waals surface area contributed by atoms with Crippen LogP contribution in [0.1, 0.15) is 128 Å². The van der Waals surface area contributed by atoms with E-state index in [1.807, 2.05) is 0 Å². The number of thioether (sulfide) groups is 4. The van der Waals surface area contributed by atoms with Gasteiger partial charge in [0.2, 0.25) is 0 Å². The molecule has 0 unspecified atom stereocenters. The van der Waals surface area contributed by atoms with Gasteiger partial charge in [0.25, 0.3) is 0 Å². The summed E-state index contributed by atoms with van der Waals surface area (Å²) in [5, 5.41) is 0. The first-order chi connectivity index (χ1) is 39.9. The van der Waals surface area contributed by atoms with Crippen LogP contribution >= 0.6 is 94.1 Å². The fourth-order valence-electron chi connectivity index (χ4n) is 9.20. The molecule has 0 saturated heterocycles. The smallest absolute Gasteiger partial charge is 0.147 e. The summed E-state index contributed by atoms with van der Waals surface area (Å²) >= 11 is 13.9. The van der Waals surface area contributed by atoms with Gasteiger partial charge in [0.05, 0.1) is 39.2 Å². The van der Waals surface area contributed by atoms with E-state index >= 15 is 0 Å². The Balaban J connectivity index is 1.37. The Morgan fingerprint density at radius 1 is 0.262 bits per heavy atom. The van der Waals surface area contributed by atoms with Gasteiger partial charge in [-0.2, -0.15) is 0 Å². The molecule has 1 heterocycles. The third-order valence-electron chi connectivity index (χ3n) is 14.6. The molecule has 0 atom stereocenters. The average Bonchev–Trinajstić information content (AvgIpc) is 1.25. The first-order valence-corrected chi connectivity index (χ1v) is 36.5. The fourth-order valence-corrected chi connectivity index (χ4v) is 15.6. The van der Waals surface area contributed by atoms with Crippen molar-refractivity contribution in [3.05, 3.63) is 190 Å². The first kappa shape index (κ1) is 64.2. The molecule has 440 valence electrons. The normalized spacial score (nSPS) is 13.0. The van der Waals surface area contributed by atoms with Crippen LogP contribution < -0.4 is 18.9 Å². The highest BCUT2D eigenvalue weighted by molar-refractivity contribution is 8.01. The maximum atomic E-state index is 7.37. The summed E-state index contributed by atoms with van der Waals surface area (Å²) in [5.74, 6) is 3.29.